The molecule has 1 aliphatic rings. The van der Waals surface area contributed by atoms with Crippen LogP contribution in [-0.2, 0) is 11.2 Å². The number of hydrogen-bond acceptors (Lipinski definition) is 2. The Morgan fingerprint density at radius 2 is 2.15 bits per heavy atom. The summed E-state index contributed by atoms with van der Waals surface area (Å²) in [6, 6.07) is 12.9. The average Bonchev–Trinajstić information content (AvgIpc) is 3.04. The van der Waals surface area contributed by atoms with Crippen molar-refractivity contribution >= 4 is 34.8 Å². The third kappa shape index (κ3) is 2.65. The summed E-state index contributed by atoms with van der Waals surface area (Å²) in [6.07, 6.45) is 1.64. The van der Waals surface area contributed by atoms with Crippen LogP contribution in [-0.4, -0.2) is 35.8 Å². The fourth-order valence-corrected chi connectivity index (χ4v) is 3.92. The second-order valence-electron chi connectivity index (χ2n) is 6.41. The van der Waals surface area contributed by atoms with Gasteiger partial charge in [0.2, 0.25) is 6.41 Å². The molecule has 4 rings (SSSR count). The summed E-state index contributed by atoms with van der Waals surface area (Å²) in [7, 11) is 1.60. The van der Waals surface area contributed by atoms with Crippen LogP contribution in [0.2, 0.25) is 5.02 Å². The molecule has 2 aromatic carbocycles. The van der Waals surface area contributed by atoms with Gasteiger partial charge in [-0.2, -0.15) is 0 Å². The SMILES string of the molecule is CNC(=O)c1cccc(C2c3[nH]c4ccc(Cl)cc4c3CCN2C=O)c1. The lowest BCUT2D eigenvalue weighted by atomic mass is 9.92. The summed E-state index contributed by atoms with van der Waals surface area (Å²) >= 11 is 6.17. The van der Waals surface area contributed by atoms with E-state index in [9.17, 15) is 9.59 Å². The summed E-state index contributed by atoms with van der Waals surface area (Å²) in [5, 5.41) is 4.42. The lowest BCUT2D eigenvalue weighted by molar-refractivity contribution is -0.120. The highest BCUT2D eigenvalue weighted by Crippen LogP contribution is 2.38. The standard InChI is InChI=1S/C20H18ClN3O2/c1-22-20(26)13-4-2-3-12(9-13)19-18-15(7-8-24(19)11-25)16-10-14(21)5-6-17(16)23-18/h2-6,9-11,19,23H,7-8H2,1H3,(H,22,26). The van der Waals surface area contributed by atoms with E-state index in [-0.39, 0.29) is 11.9 Å². The van der Waals surface area contributed by atoms with Gasteiger partial charge >= 0.3 is 0 Å². The Hall–Kier alpha value is -2.79. The summed E-state index contributed by atoms with van der Waals surface area (Å²) in [5.74, 6) is -0.149. The van der Waals surface area contributed by atoms with E-state index in [1.165, 1.54) is 5.56 Å². The molecule has 0 fully saturated rings. The van der Waals surface area contributed by atoms with Crippen LogP contribution in [0.1, 0.15) is 33.2 Å². The molecule has 132 valence electrons. The topological polar surface area (TPSA) is 65.2 Å². The van der Waals surface area contributed by atoms with Crippen molar-refractivity contribution in [3.05, 3.63) is 69.9 Å². The molecular weight excluding hydrogens is 350 g/mol. The van der Waals surface area contributed by atoms with E-state index >= 15 is 0 Å². The van der Waals surface area contributed by atoms with Crippen LogP contribution in [0.4, 0.5) is 0 Å². The number of hydrogen-bond donors (Lipinski definition) is 2. The van der Waals surface area contributed by atoms with Gasteiger partial charge in [-0.1, -0.05) is 23.7 Å². The summed E-state index contributed by atoms with van der Waals surface area (Å²) in [6.45, 7) is 0.616. The largest absolute Gasteiger partial charge is 0.356 e. The molecule has 1 aliphatic heterocycles. The highest BCUT2D eigenvalue weighted by atomic mass is 35.5. The maximum atomic E-state index is 12.0. The van der Waals surface area contributed by atoms with Gasteiger partial charge in [-0.25, -0.2) is 0 Å². The zero-order chi connectivity index (χ0) is 18.3. The second kappa shape index (κ2) is 6.50. The second-order valence-corrected chi connectivity index (χ2v) is 6.84. The molecule has 2 N–H and O–H groups in total. The molecule has 1 unspecified atom stereocenters. The molecule has 1 aromatic heterocycles. The van der Waals surface area contributed by atoms with Crippen LogP contribution >= 0.6 is 11.6 Å². The molecule has 5 nitrogen and oxygen atoms in total. The van der Waals surface area contributed by atoms with Crippen molar-refractivity contribution in [1.82, 2.24) is 15.2 Å². The fourth-order valence-electron chi connectivity index (χ4n) is 3.75. The fraction of sp³-hybridized carbons (Fsp3) is 0.200. The van der Waals surface area contributed by atoms with Gasteiger partial charge < -0.3 is 15.2 Å². The quantitative estimate of drug-likeness (QED) is 0.698. The minimum absolute atomic E-state index is 0.149. The van der Waals surface area contributed by atoms with Crippen molar-refractivity contribution in [3.63, 3.8) is 0 Å². The van der Waals surface area contributed by atoms with E-state index in [2.05, 4.69) is 10.3 Å². The smallest absolute Gasteiger partial charge is 0.251 e. The molecule has 2 heterocycles. The number of carbonyl (C=O) groups is 2. The average molecular weight is 368 g/mol. The Bertz CT molecular complexity index is 1010. The van der Waals surface area contributed by atoms with Gasteiger partial charge in [-0.05, 0) is 47.9 Å². The third-order valence-electron chi connectivity index (χ3n) is 4.95. The number of nitrogens with one attached hydrogen (secondary N) is 2. The zero-order valence-electron chi connectivity index (χ0n) is 14.3. The number of rotatable bonds is 3. The molecule has 0 spiro atoms. The maximum absolute atomic E-state index is 12.0. The van der Waals surface area contributed by atoms with E-state index in [4.69, 9.17) is 11.6 Å². The first-order valence-corrected chi connectivity index (χ1v) is 8.83. The monoisotopic (exact) mass is 367 g/mol. The number of nitrogens with zero attached hydrogens (tertiary/aromatic N) is 1. The van der Waals surface area contributed by atoms with Gasteiger partial charge in [-0.15, -0.1) is 0 Å². The van der Waals surface area contributed by atoms with Gasteiger partial charge in [0, 0.05) is 40.8 Å². The number of halogens is 1. The van der Waals surface area contributed by atoms with E-state index in [0.29, 0.717) is 17.1 Å². The van der Waals surface area contributed by atoms with Crippen molar-refractivity contribution in [2.75, 3.05) is 13.6 Å². The first kappa shape index (κ1) is 16.7. The van der Waals surface area contributed by atoms with E-state index in [1.807, 2.05) is 36.4 Å². The highest BCUT2D eigenvalue weighted by Gasteiger charge is 2.31. The van der Waals surface area contributed by atoms with Gasteiger partial charge in [0.1, 0.15) is 0 Å². The van der Waals surface area contributed by atoms with Crippen molar-refractivity contribution in [2.24, 2.45) is 0 Å². The molecule has 3 aromatic rings. The Kier molecular flexibility index (Phi) is 4.17. The zero-order valence-corrected chi connectivity index (χ0v) is 15.0. The number of H-pyrrole nitrogens is 1. The first-order valence-electron chi connectivity index (χ1n) is 8.45. The van der Waals surface area contributed by atoms with Crippen molar-refractivity contribution in [1.29, 1.82) is 0 Å². The van der Waals surface area contributed by atoms with Crippen molar-refractivity contribution < 1.29 is 9.59 Å². The summed E-state index contributed by atoms with van der Waals surface area (Å²) < 4.78 is 0. The van der Waals surface area contributed by atoms with E-state index in [1.54, 1.807) is 18.0 Å². The highest BCUT2D eigenvalue weighted by molar-refractivity contribution is 6.31. The third-order valence-corrected chi connectivity index (χ3v) is 5.19. The minimum atomic E-state index is -0.257. The number of amides is 2. The predicted octanol–water partition coefficient (Wildman–Crippen LogP) is 3.28. The lowest BCUT2D eigenvalue weighted by Gasteiger charge is -2.33. The van der Waals surface area contributed by atoms with Crippen LogP contribution in [0, 0.1) is 0 Å². The Labute approximate surface area is 155 Å². The molecule has 0 bridgehead atoms. The van der Waals surface area contributed by atoms with E-state index in [0.717, 1.165) is 35.0 Å². The van der Waals surface area contributed by atoms with E-state index < -0.39 is 0 Å². The van der Waals surface area contributed by atoms with Crippen LogP contribution in [0.5, 0.6) is 0 Å². The maximum Gasteiger partial charge on any atom is 0.251 e. The minimum Gasteiger partial charge on any atom is -0.356 e. The van der Waals surface area contributed by atoms with Gasteiger partial charge in [0.25, 0.3) is 5.91 Å². The molecule has 0 radical (unpaired) electrons. The Morgan fingerprint density at radius 3 is 2.92 bits per heavy atom. The molecule has 2 amide bonds. The van der Waals surface area contributed by atoms with Crippen LogP contribution in [0.15, 0.2) is 42.5 Å². The van der Waals surface area contributed by atoms with Crippen LogP contribution < -0.4 is 5.32 Å². The van der Waals surface area contributed by atoms with Crippen LogP contribution in [0.25, 0.3) is 10.9 Å². The molecule has 1 atom stereocenters. The predicted molar refractivity (Wildman–Crippen MR) is 101 cm³/mol. The van der Waals surface area contributed by atoms with Gasteiger partial charge in [-0.3, -0.25) is 9.59 Å². The molecule has 0 saturated heterocycles. The number of benzene rings is 2. The number of aromatic amines is 1. The molecular formula is C20H18ClN3O2. The summed E-state index contributed by atoms with van der Waals surface area (Å²) in [5.41, 5.74) is 4.63. The van der Waals surface area contributed by atoms with Gasteiger partial charge in [0.15, 0.2) is 0 Å². The number of aromatic nitrogens is 1. The van der Waals surface area contributed by atoms with Gasteiger partial charge in [0.05, 0.1) is 6.04 Å². The number of carbonyl (C=O) groups excluding carboxylic acids is 2. The number of fused-ring (bicyclic) bond motifs is 3. The Balaban J connectivity index is 1.89. The van der Waals surface area contributed by atoms with Crippen molar-refractivity contribution in [2.45, 2.75) is 12.5 Å². The molecule has 0 saturated carbocycles. The van der Waals surface area contributed by atoms with Crippen LogP contribution in [0.3, 0.4) is 0 Å². The summed E-state index contributed by atoms with van der Waals surface area (Å²) in [4.78, 5) is 28.9. The Morgan fingerprint density at radius 1 is 1.31 bits per heavy atom. The lowest BCUT2D eigenvalue weighted by Crippen LogP contribution is -2.35. The molecule has 26 heavy (non-hydrogen) atoms. The first-order chi connectivity index (χ1) is 12.6. The molecule has 0 aliphatic carbocycles. The molecule has 6 heteroatoms. The van der Waals surface area contributed by atoms with Crippen molar-refractivity contribution in [3.8, 4) is 0 Å². The normalized spacial score (nSPS) is 16.4.